The monoisotopic (exact) mass is 452 g/mol. The van der Waals surface area contributed by atoms with E-state index in [1.807, 2.05) is 24.3 Å². The van der Waals surface area contributed by atoms with E-state index in [-0.39, 0.29) is 0 Å². The number of amides is 1. The van der Waals surface area contributed by atoms with Gasteiger partial charge in [-0.3, -0.25) is 9.10 Å². The number of aryl methyl sites for hydroxylation is 2. The topological polar surface area (TPSA) is 84.9 Å². The average molecular weight is 453 g/mol. The number of fused-ring (bicyclic) bond motifs is 1. The van der Waals surface area contributed by atoms with Crippen molar-refractivity contribution in [2.45, 2.75) is 25.8 Å². The number of nitrogens with one attached hydrogen (secondary N) is 1. The van der Waals surface area contributed by atoms with Crippen molar-refractivity contribution in [1.82, 2.24) is 0 Å². The molecule has 1 N–H and O–H groups in total. The van der Waals surface area contributed by atoms with Crippen LogP contribution < -0.4 is 19.1 Å². The number of carbonyl (C=O) groups is 1. The van der Waals surface area contributed by atoms with Gasteiger partial charge < -0.3 is 14.8 Å². The third-order valence-electron chi connectivity index (χ3n) is 6.00. The van der Waals surface area contributed by atoms with Crippen molar-refractivity contribution in [1.29, 1.82) is 0 Å². The van der Waals surface area contributed by atoms with Crippen LogP contribution in [0.3, 0.4) is 0 Å². The SMILES string of the molecule is C[C@H](C(=O)Nc1ccc2c3c(cccc13)CC2)N(c1ccc2c(c1)OCCO2)S(C)(=O)=O. The van der Waals surface area contributed by atoms with E-state index in [1.165, 1.54) is 16.5 Å². The highest BCUT2D eigenvalue weighted by molar-refractivity contribution is 7.92. The quantitative estimate of drug-likeness (QED) is 0.641. The number of ether oxygens (including phenoxy) is 2. The van der Waals surface area contributed by atoms with Crippen molar-refractivity contribution < 1.29 is 22.7 Å². The van der Waals surface area contributed by atoms with Gasteiger partial charge in [-0.1, -0.05) is 24.3 Å². The van der Waals surface area contributed by atoms with Crippen molar-refractivity contribution in [3.63, 3.8) is 0 Å². The number of nitrogens with zero attached hydrogens (tertiary/aromatic N) is 1. The van der Waals surface area contributed by atoms with Crippen LogP contribution in [-0.4, -0.2) is 39.8 Å². The lowest BCUT2D eigenvalue weighted by Gasteiger charge is -2.29. The molecule has 7 nitrogen and oxygen atoms in total. The van der Waals surface area contributed by atoms with Gasteiger partial charge in [0.2, 0.25) is 15.9 Å². The Morgan fingerprint density at radius 2 is 1.72 bits per heavy atom. The molecule has 0 spiro atoms. The lowest BCUT2D eigenvalue weighted by Crippen LogP contribution is -2.45. The highest BCUT2D eigenvalue weighted by Gasteiger charge is 2.31. The highest BCUT2D eigenvalue weighted by atomic mass is 32.2. The van der Waals surface area contributed by atoms with Crippen LogP contribution in [0, 0.1) is 0 Å². The second-order valence-electron chi connectivity index (χ2n) is 8.16. The summed E-state index contributed by atoms with van der Waals surface area (Å²) < 4.78 is 37.6. The van der Waals surface area contributed by atoms with E-state index in [0.29, 0.717) is 36.1 Å². The van der Waals surface area contributed by atoms with Gasteiger partial charge in [-0.2, -0.15) is 0 Å². The molecule has 0 aromatic heterocycles. The minimum atomic E-state index is -3.75. The summed E-state index contributed by atoms with van der Waals surface area (Å²) in [6.45, 7) is 2.40. The van der Waals surface area contributed by atoms with Gasteiger partial charge in [0.15, 0.2) is 11.5 Å². The van der Waals surface area contributed by atoms with Crippen molar-refractivity contribution >= 4 is 38.1 Å². The average Bonchev–Trinajstić information content (AvgIpc) is 3.19. The molecule has 3 aromatic rings. The van der Waals surface area contributed by atoms with E-state index in [2.05, 4.69) is 11.4 Å². The number of anilines is 2. The summed E-state index contributed by atoms with van der Waals surface area (Å²) in [6.07, 6.45) is 3.07. The van der Waals surface area contributed by atoms with Gasteiger partial charge in [0, 0.05) is 17.1 Å². The first kappa shape index (κ1) is 20.6. The van der Waals surface area contributed by atoms with Gasteiger partial charge in [-0.25, -0.2) is 8.42 Å². The summed E-state index contributed by atoms with van der Waals surface area (Å²) in [7, 11) is -3.75. The van der Waals surface area contributed by atoms with Crippen molar-refractivity contribution in [3.8, 4) is 11.5 Å². The normalized spacial score (nSPS) is 15.4. The van der Waals surface area contributed by atoms with Crippen LogP contribution in [0.4, 0.5) is 11.4 Å². The van der Waals surface area contributed by atoms with Crippen LogP contribution in [-0.2, 0) is 27.7 Å². The predicted molar refractivity (Wildman–Crippen MR) is 124 cm³/mol. The number of hydrogen-bond acceptors (Lipinski definition) is 5. The molecular weight excluding hydrogens is 428 g/mol. The maximum absolute atomic E-state index is 13.2. The summed E-state index contributed by atoms with van der Waals surface area (Å²) in [5.74, 6) is 0.602. The molecule has 0 saturated heterocycles. The van der Waals surface area contributed by atoms with Crippen molar-refractivity contribution in [2.24, 2.45) is 0 Å². The Balaban J connectivity index is 1.47. The maximum Gasteiger partial charge on any atom is 0.248 e. The summed E-state index contributed by atoms with van der Waals surface area (Å²) >= 11 is 0. The Morgan fingerprint density at radius 1 is 1.00 bits per heavy atom. The maximum atomic E-state index is 13.2. The molecule has 1 heterocycles. The molecule has 1 aliphatic heterocycles. The molecule has 0 fully saturated rings. The zero-order chi connectivity index (χ0) is 22.5. The van der Waals surface area contributed by atoms with Crippen molar-refractivity contribution in [2.75, 3.05) is 29.1 Å². The second-order valence-corrected chi connectivity index (χ2v) is 10.0. The third-order valence-corrected chi connectivity index (χ3v) is 7.25. The zero-order valence-corrected chi connectivity index (χ0v) is 18.7. The van der Waals surface area contributed by atoms with Gasteiger partial charge in [0.25, 0.3) is 0 Å². The van der Waals surface area contributed by atoms with Gasteiger partial charge in [-0.05, 0) is 54.5 Å². The Morgan fingerprint density at radius 3 is 2.47 bits per heavy atom. The smallest absolute Gasteiger partial charge is 0.248 e. The zero-order valence-electron chi connectivity index (χ0n) is 17.9. The van der Waals surface area contributed by atoms with E-state index >= 15 is 0 Å². The molecule has 0 bridgehead atoms. The largest absolute Gasteiger partial charge is 0.486 e. The Labute approximate surface area is 187 Å². The van der Waals surface area contributed by atoms with Crippen LogP contribution in [0.1, 0.15) is 18.1 Å². The van der Waals surface area contributed by atoms with Crippen LogP contribution in [0.5, 0.6) is 11.5 Å². The minimum Gasteiger partial charge on any atom is -0.486 e. The first-order chi connectivity index (χ1) is 15.3. The first-order valence-corrected chi connectivity index (χ1v) is 12.4. The van der Waals surface area contributed by atoms with Gasteiger partial charge in [0.05, 0.1) is 11.9 Å². The molecular formula is C24H24N2O5S. The van der Waals surface area contributed by atoms with Gasteiger partial charge in [0.1, 0.15) is 19.3 Å². The summed E-state index contributed by atoms with van der Waals surface area (Å²) in [5, 5.41) is 5.11. The number of benzene rings is 3. The standard InChI is InChI=1S/C24H24N2O5S/c1-15(26(32(2,28)29)18-9-11-21-22(14-18)31-13-12-30-21)24(27)25-20-10-8-17-7-6-16-4-3-5-19(20)23(16)17/h3-5,8-11,14-15H,6-7,12-13H2,1-2H3,(H,25,27)/t15-/m1/s1. The Kier molecular flexibility index (Phi) is 4.97. The fourth-order valence-corrected chi connectivity index (χ4v) is 5.74. The van der Waals surface area contributed by atoms with Crippen LogP contribution >= 0.6 is 0 Å². The van der Waals surface area contributed by atoms with E-state index in [4.69, 9.17) is 9.47 Å². The van der Waals surface area contributed by atoms with Crippen molar-refractivity contribution in [3.05, 3.63) is 59.7 Å². The molecule has 2 aliphatic rings. The molecule has 0 radical (unpaired) electrons. The molecule has 1 atom stereocenters. The molecule has 1 aliphatic carbocycles. The van der Waals surface area contributed by atoms with E-state index in [1.54, 1.807) is 25.1 Å². The fourth-order valence-electron chi connectivity index (χ4n) is 4.57. The molecule has 32 heavy (non-hydrogen) atoms. The molecule has 8 heteroatoms. The third kappa shape index (κ3) is 3.54. The van der Waals surface area contributed by atoms with Crippen LogP contribution in [0.25, 0.3) is 10.8 Å². The van der Waals surface area contributed by atoms with E-state index < -0.39 is 22.0 Å². The molecule has 0 saturated carbocycles. The molecule has 0 unspecified atom stereocenters. The lowest BCUT2D eigenvalue weighted by molar-refractivity contribution is -0.116. The van der Waals surface area contributed by atoms with E-state index in [9.17, 15) is 13.2 Å². The molecule has 166 valence electrons. The fraction of sp³-hybridized carbons (Fsp3) is 0.292. The lowest BCUT2D eigenvalue weighted by atomic mass is 10.0. The van der Waals surface area contributed by atoms with Gasteiger partial charge in [-0.15, -0.1) is 0 Å². The van der Waals surface area contributed by atoms with Crippen LogP contribution in [0.15, 0.2) is 48.5 Å². The molecule has 3 aromatic carbocycles. The minimum absolute atomic E-state index is 0.347. The number of hydrogen-bond donors (Lipinski definition) is 1. The first-order valence-electron chi connectivity index (χ1n) is 10.6. The number of rotatable bonds is 5. The highest BCUT2D eigenvalue weighted by Crippen LogP contribution is 2.37. The Bertz CT molecular complexity index is 1330. The summed E-state index contributed by atoms with van der Waals surface area (Å²) in [6, 6.07) is 13.9. The summed E-state index contributed by atoms with van der Waals surface area (Å²) in [5.41, 5.74) is 3.58. The summed E-state index contributed by atoms with van der Waals surface area (Å²) in [4.78, 5) is 13.2. The Hall–Kier alpha value is -3.26. The predicted octanol–water partition coefficient (Wildman–Crippen LogP) is 3.50. The van der Waals surface area contributed by atoms with Gasteiger partial charge >= 0.3 is 0 Å². The number of carbonyl (C=O) groups excluding carboxylic acids is 1. The number of sulfonamides is 1. The van der Waals surface area contributed by atoms with Crippen LogP contribution in [0.2, 0.25) is 0 Å². The molecule has 5 rings (SSSR count). The molecule has 1 amide bonds. The second kappa shape index (κ2) is 7.70. The van der Waals surface area contributed by atoms with E-state index in [0.717, 1.165) is 28.8 Å².